The summed E-state index contributed by atoms with van der Waals surface area (Å²) in [4.78, 5) is 19.0. The maximum absolute atomic E-state index is 13.9. The van der Waals surface area contributed by atoms with E-state index in [1.54, 1.807) is 53.7 Å². The Hall–Kier alpha value is -3.75. The van der Waals surface area contributed by atoms with Crippen LogP contribution < -0.4 is 20.3 Å². The van der Waals surface area contributed by atoms with Crippen molar-refractivity contribution < 1.29 is 22.7 Å². The molecule has 2 amide bonds. The number of rotatable bonds is 5. The lowest BCUT2D eigenvalue weighted by atomic mass is 10.1. The van der Waals surface area contributed by atoms with Gasteiger partial charge in [0, 0.05) is 31.2 Å². The normalized spacial score (nSPS) is 14.1. The number of hydrogen-bond donors (Lipinski definition) is 1. The molecular weight excluding hydrogens is 433 g/mol. The molecule has 2 heterocycles. The fourth-order valence-electron chi connectivity index (χ4n) is 3.91. The molecule has 1 fully saturated rings. The molecule has 4 rings (SSSR count). The molecule has 33 heavy (non-hydrogen) atoms. The van der Waals surface area contributed by atoms with Crippen molar-refractivity contribution in [2.24, 2.45) is 5.73 Å². The Morgan fingerprint density at radius 3 is 2.12 bits per heavy atom. The lowest BCUT2D eigenvalue weighted by Gasteiger charge is -2.32. The minimum absolute atomic E-state index is 0.0402. The predicted molar refractivity (Wildman–Crippen MR) is 120 cm³/mol. The molecule has 1 aliphatic heterocycles. The van der Waals surface area contributed by atoms with E-state index in [1.165, 1.54) is 12.1 Å². The predicted octanol–water partition coefficient (Wildman–Crippen LogP) is 6.10. The van der Waals surface area contributed by atoms with Crippen molar-refractivity contribution in [1.82, 2.24) is 4.98 Å². The van der Waals surface area contributed by atoms with Crippen LogP contribution in [0.5, 0.6) is 11.5 Å². The van der Waals surface area contributed by atoms with Gasteiger partial charge in [-0.25, -0.2) is 4.79 Å². The largest absolute Gasteiger partial charge is 0.457 e. The van der Waals surface area contributed by atoms with Gasteiger partial charge in [0.25, 0.3) is 0 Å². The molecule has 3 aromatic rings. The number of anilines is 3. The zero-order valence-electron chi connectivity index (χ0n) is 17.8. The molecule has 2 aromatic carbocycles. The van der Waals surface area contributed by atoms with Gasteiger partial charge in [0.2, 0.25) is 0 Å². The zero-order valence-corrected chi connectivity index (χ0v) is 17.8. The van der Waals surface area contributed by atoms with Gasteiger partial charge >= 0.3 is 12.2 Å². The van der Waals surface area contributed by atoms with Crippen LogP contribution >= 0.6 is 0 Å². The van der Waals surface area contributed by atoms with Gasteiger partial charge in [-0.3, -0.25) is 9.88 Å². The van der Waals surface area contributed by atoms with Crippen molar-refractivity contribution in [3.63, 3.8) is 0 Å². The SMILES string of the molecule is NC(=O)N(c1ccc(Oc2ccncc2)cc1)c1ccc(N2CCCCC2)c(C(F)(F)F)c1. The van der Waals surface area contributed by atoms with Gasteiger partial charge in [-0.05, 0) is 73.9 Å². The fourth-order valence-corrected chi connectivity index (χ4v) is 3.91. The quantitative estimate of drug-likeness (QED) is 0.504. The second-order valence-corrected chi connectivity index (χ2v) is 7.70. The van der Waals surface area contributed by atoms with Crippen LogP contribution in [0.3, 0.4) is 0 Å². The number of pyridine rings is 1. The fraction of sp³-hybridized carbons (Fsp3) is 0.250. The molecule has 0 saturated carbocycles. The molecule has 1 saturated heterocycles. The van der Waals surface area contributed by atoms with Gasteiger partial charge in [-0.15, -0.1) is 0 Å². The molecule has 1 aliphatic rings. The monoisotopic (exact) mass is 456 g/mol. The number of ether oxygens (including phenoxy) is 1. The van der Waals surface area contributed by atoms with Gasteiger partial charge in [0.15, 0.2) is 0 Å². The topological polar surface area (TPSA) is 71.7 Å². The van der Waals surface area contributed by atoms with Crippen LogP contribution in [0, 0.1) is 0 Å². The Kier molecular flexibility index (Phi) is 6.39. The van der Waals surface area contributed by atoms with E-state index in [2.05, 4.69) is 4.98 Å². The summed E-state index contributed by atoms with van der Waals surface area (Å²) >= 11 is 0. The number of halogens is 3. The molecule has 0 unspecified atom stereocenters. The van der Waals surface area contributed by atoms with Crippen LogP contribution in [-0.2, 0) is 6.18 Å². The highest BCUT2D eigenvalue weighted by atomic mass is 19.4. The molecule has 0 radical (unpaired) electrons. The molecule has 0 spiro atoms. The van der Waals surface area contributed by atoms with Crippen LogP contribution in [0.15, 0.2) is 67.0 Å². The Labute approximate surface area is 189 Å². The summed E-state index contributed by atoms with van der Waals surface area (Å²) in [6.45, 7) is 1.14. The highest BCUT2D eigenvalue weighted by Gasteiger charge is 2.36. The minimum atomic E-state index is -4.58. The first-order valence-electron chi connectivity index (χ1n) is 10.6. The number of carbonyl (C=O) groups is 1. The molecule has 0 aliphatic carbocycles. The summed E-state index contributed by atoms with van der Waals surface area (Å²) in [5.74, 6) is 1.07. The summed E-state index contributed by atoms with van der Waals surface area (Å²) in [5, 5.41) is 0. The Bertz CT molecular complexity index is 1100. The van der Waals surface area contributed by atoms with Crippen LogP contribution in [-0.4, -0.2) is 24.1 Å². The average molecular weight is 456 g/mol. The number of nitrogens with zero attached hydrogens (tertiary/aromatic N) is 3. The summed E-state index contributed by atoms with van der Waals surface area (Å²) in [5.41, 5.74) is 5.26. The first-order chi connectivity index (χ1) is 15.8. The zero-order chi connectivity index (χ0) is 23.4. The van der Waals surface area contributed by atoms with Gasteiger partial charge < -0.3 is 15.4 Å². The number of benzene rings is 2. The molecule has 0 bridgehead atoms. The summed E-state index contributed by atoms with van der Waals surface area (Å²) in [6.07, 6.45) is 1.30. The summed E-state index contributed by atoms with van der Waals surface area (Å²) < 4.78 is 47.5. The smallest absolute Gasteiger partial charge is 0.418 e. The number of hydrogen-bond acceptors (Lipinski definition) is 4. The third kappa shape index (κ3) is 5.19. The molecule has 1 aromatic heterocycles. The molecular formula is C24H23F3N4O2. The van der Waals surface area contributed by atoms with Crippen molar-refractivity contribution in [2.75, 3.05) is 22.9 Å². The van der Waals surface area contributed by atoms with Crippen molar-refractivity contribution >= 4 is 23.1 Å². The van der Waals surface area contributed by atoms with Crippen LogP contribution in [0.1, 0.15) is 24.8 Å². The minimum Gasteiger partial charge on any atom is -0.457 e. The number of nitrogens with two attached hydrogens (primary N) is 1. The van der Waals surface area contributed by atoms with E-state index in [0.29, 0.717) is 30.3 Å². The lowest BCUT2D eigenvalue weighted by molar-refractivity contribution is -0.137. The Balaban J connectivity index is 1.65. The van der Waals surface area contributed by atoms with Gasteiger partial charge in [-0.1, -0.05) is 0 Å². The van der Waals surface area contributed by atoms with Gasteiger partial charge in [0.05, 0.1) is 16.9 Å². The summed E-state index contributed by atoms with van der Waals surface area (Å²) in [6, 6.07) is 12.7. The number of piperidine rings is 1. The second-order valence-electron chi connectivity index (χ2n) is 7.70. The lowest BCUT2D eigenvalue weighted by Crippen LogP contribution is -2.33. The van der Waals surface area contributed by atoms with Crippen LogP contribution in [0.2, 0.25) is 0 Å². The van der Waals surface area contributed by atoms with E-state index < -0.39 is 17.8 Å². The van der Waals surface area contributed by atoms with E-state index in [1.807, 2.05) is 0 Å². The molecule has 6 nitrogen and oxygen atoms in total. The van der Waals surface area contributed by atoms with Crippen molar-refractivity contribution in [2.45, 2.75) is 25.4 Å². The number of primary amides is 1. The average Bonchev–Trinajstić information content (AvgIpc) is 2.81. The third-order valence-electron chi connectivity index (χ3n) is 5.44. The van der Waals surface area contributed by atoms with E-state index in [9.17, 15) is 18.0 Å². The van der Waals surface area contributed by atoms with Crippen LogP contribution in [0.4, 0.5) is 35.0 Å². The van der Waals surface area contributed by atoms with Crippen molar-refractivity contribution in [3.8, 4) is 11.5 Å². The highest BCUT2D eigenvalue weighted by Crippen LogP contribution is 2.41. The maximum atomic E-state index is 13.9. The van der Waals surface area contributed by atoms with E-state index >= 15 is 0 Å². The van der Waals surface area contributed by atoms with E-state index in [4.69, 9.17) is 10.5 Å². The number of aromatic nitrogens is 1. The van der Waals surface area contributed by atoms with Crippen molar-refractivity contribution in [3.05, 3.63) is 72.6 Å². The number of urea groups is 1. The van der Waals surface area contributed by atoms with Gasteiger partial charge in [0.1, 0.15) is 11.5 Å². The van der Waals surface area contributed by atoms with Crippen molar-refractivity contribution in [1.29, 1.82) is 0 Å². The maximum Gasteiger partial charge on any atom is 0.418 e. The first kappa shape index (κ1) is 22.4. The number of alkyl halides is 3. The van der Waals surface area contributed by atoms with E-state index in [0.717, 1.165) is 30.2 Å². The van der Waals surface area contributed by atoms with Gasteiger partial charge in [-0.2, -0.15) is 13.2 Å². The standard InChI is InChI=1S/C24H23F3N4O2/c25-24(26,27)21-16-18(6-9-22(21)30-14-2-1-3-15-30)31(23(28)32)17-4-7-19(8-5-17)33-20-10-12-29-13-11-20/h4-13,16H,1-3,14-15H2,(H2,28,32). The number of amides is 2. The molecule has 0 atom stereocenters. The molecule has 9 heteroatoms. The first-order valence-corrected chi connectivity index (χ1v) is 10.6. The second kappa shape index (κ2) is 9.40. The number of carbonyl (C=O) groups excluding carboxylic acids is 1. The Morgan fingerprint density at radius 2 is 1.52 bits per heavy atom. The van der Waals surface area contributed by atoms with E-state index in [-0.39, 0.29) is 11.4 Å². The molecule has 172 valence electrons. The summed E-state index contributed by atoms with van der Waals surface area (Å²) in [7, 11) is 0. The Morgan fingerprint density at radius 1 is 0.909 bits per heavy atom. The highest BCUT2D eigenvalue weighted by molar-refractivity contribution is 5.98. The van der Waals surface area contributed by atoms with Crippen LogP contribution in [0.25, 0.3) is 0 Å². The third-order valence-corrected chi connectivity index (χ3v) is 5.44. The molecule has 2 N–H and O–H groups in total.